The average Bonchev–Trinajstić information content (AvgIpc) is 2.92. The minimum Gasteiger partial charge on any atom is -0.396 e. The number of hydrogen-bond donors (Lipinski definition) is 2. The lowest BCUT2D eigenvalue weighted by Gasteiger charge is -2.13. The van der Waals surface area contributed by atoms with Crippen LogP contribution in [0.15, 0.2) is 16.5 Å². The number of furan rings is 1. The van der Waals surface area contributed by atoms with E-state index < -0.39 is 16.7 Å². The summed E-state index contributed by atoms with van der Waals surface area (Å²) in [5, 5.41) is 22.0. The molecule has 7 heteroatoms. The van der Waals surface area contributed by atoms with E-state index in [0.29, 0.717) is 13.0 Å². The molecule has 1 aliphatic rings. The Morgan fingerprint density at radius 3 is 2.78 bits per heavy atom. The van der Waals surface area contributed by atoms with Gasteiger partial charge in [0.05, 0.1) is 6.07 Å². The summed E-state index contributed by atoms with van der Waals surface area (Å²) in [5.41, 5.74) is 0.00291. The van der Waals surface area contributed by atoms with E-state index in [9.17, 15) is 14.9 Å². The smallest absolute Gasteiger partial charge is 0.396 e. The van der Waals surface area contributed by atoms with Gasteiger partial charge in [-0.05, 0) is 30.7 Å². The minimum atomic E-state index is -0.690. The van der Waals surface area contributed by atoms with Crippen LogP contribution in [-0.4, -0.2) is 29.1 Å². The van der Waals surface area contributed by atoms with Crippen LogP contribution in [-0.2, 0) is 0 Å². The van der Waals surface area contributed by atoms with Gasteiger partial charge in [0.25, 0.3) is 5.91 Å². The Morgan fingerprint density at radius 2 is 2.28 bits per heavy atom. The zero-order chi connectivity index (χ0) is 13.2. The molecule has 1 amide bonds. The fraction of sp³-hybridized carbons (Fsp3) is 0.545. The number of rotatable bonds is 6. The van der Waals surface area contributed by atoms with E-state index in [1.807, 2.05) is 0 Å². The van der Waals surface area contributed by atoms with E-state index in [-0.39, 0.29) is 17.8 Å². The van der Waals surface area contributed by atoms with Gasteiger partial charge >= 0.3 is 5.88 Å². The molecule has 1 aromatic heterocycles. The highest BCUT2D eigenvalue weighted by Crippen LogP contribution is 2.47. The molecular weight excluding hydrogens is 240 g/mol. The molecule has 0 saturated heterocycles. The largest absolute Gasteiger partial charge is 0.433 e. The molecule has 1 aromatic rings. The number of nitrogens with zero attached hydrogens (tertiary/aromatic N) is 1. The van der Waals surface area contributed by atoms with E-state index >= 15 is 0 Å². The number of aliphatic hydroxyl groups excluding tert-OH is 1. The predicted molar refractivity (Wildman–Crippen MR) is 61.1 cm³/mol. The molecule has 1 aliphatic carbocycles. The van der Waals surface area contributed by atoms with Crippen LogP contribution in [0.2, 0.25) is 0 Å². The van der Waals surface area contributed by atoms with Gasteiger partial charge in [0, 0.05) is 13.2 Å². The molecule has 1 fully saturated rings. The number of carbonyl (C=O) groups excluding carboxylic acids is 1. The van der Waals surface area contributed by atoms with Gasteiger partial charge < -0.3 is 14.8 Å². The molecule has 0 bridgehead atoms. The van der Waals surface area contributed by atoms with Gasteiger partial charge in [0.2, 0.25) is 0 Å². The highest BCUT2D eigenvalue weighted by Gasteiger charge is 2.42. The summed E-state index contributed by atoms with van der Waals surface area (Å²) in [6.07, 6.45) is 2.61. The van der Waals surface area contributed by atoms with E-state index in [2.05, 4.69) is 5.32 Å². The molecule has 1 heterocycles. The summed E-state index contributed by atoms with van der Waals surface area (Å²) in [7, 11) is 0. The molecule has 0 unspecified atom stereocenters. The Balaban J connectivity index is 1.89. The highest BCUT2D eigenvalue weighted by molar-refractivity contribution is 5.91. The number of nitrogens with one attached hydrogen (secondary N) is 1. The van der Waals surface area contributed by atoms with E-state index in [1.165, 1.54) is 6.07 Å². The third kappa shape index (κ3) is 2.67. The van der Waals surface area contributed by atoms with Gasteiger partial charge in [-0.3, -0.25) is 14.9 Å². The second-order valence-electron chi connectivity index (χ2n) is 4.55. The summed E-state index contributed by atoms with van der Waals surface area (Å²) in [4.78, 5) is 21.4. The standard InChI is InChI=1S/C11H14N2O5/c14-6-5-11(3-4-11)7-12-10(15)8-1-2-9(18-8)13(16)17/h1-2,14H,3-7H2,(H,12,15). The topological polar surface area (TPSA) is 106 Å². The monoisotopic (exact) mass is 254 g/mol. The molecule has 7 nitrogen and oxygen atoms in total. The lowest BCUT2D eigenvalue weighted by Crippen LogP contribution is -2.30. The first-order chi connectivity index (χ1) is 8.56. The lowest BCUT2D eigenvalue weighted by molar-refractivity contribution is -0.402. The molecule has 2 N–H and O–H groups in total. The van der Waals surface area contributed by atoms with Crippen molar-refractivity contribution in [1.29, 1.82) is 0 Å². The van der Waals surface area contributed by atoms with Crippen molar-refractivity contribution in [3.8, 4) is 0 Å². The molecule has 98 valence electrons. The summed E-state index contributed by atoms with van der Waals surface area (Å²) >= 11 is 0. The summed E-state index contributed by atoms with van der Waals surface area (Å²) in [5.74, 6) is -0.981. The molecule has 0 radical (unpaired) electrons. The fourth-order valence-electron chi connectivity index (χ4n) is 1.83. The fourth-order valence-corrected chi connectivity index (χ4v) is 1.83. The number of carbonyl (C=O) groups is 1. The first-order valence-corrected chi connectivity index (χ1v) is 5.70. The average molecular weight is 254 g/mol. The molecular formula is C11H14N2O5. The molecule has 18 heavy (non-hydrogen) atoms. The molecule has 0 atom stereocenters. The van der Waals surface area contributed by atoms with Crippen molar-refractivity contribution in [3.05, 3.63) is 28.0 Å². The normalized spacial score (nSPS) is 16.3. The Morgan fingerprint density at radius 1 is 1.56 bits per heavy atom. The van der Waals surface area contributed by atoms with Gasteiger partial charge in [0.1, 0.15) is 4.92 Å². The van der Waals surface area contributed by atoms with Crippen molar-refractivity contribution in [2.24, 2.45) is 5.41 Å². The zero-order valence-electron chi connectivity index (χ0n) is 9.72. The van der Waals surface area contributed by atoms with E-state index in [4.69, 9.17) is 9.52 Å². The molecule has 0 aliphatic heterocycles. The second-order valence-corrected chi connectivity index (χ2v) is 4.55. The van der Waals surface area contributed by atoms with Crippen LogP contribution in [0.25, 0.3) is 0 Å². The Labute approximate surface area is 103 Å². The molecule has 0 aromatic carbocycles. The number of hydrogen-bond acceptors (Lipinski definition) is 5. The summed E-state index contributed by atoms with van der Waals surface area (Å²) in [6.45, 7) is 0.559. The third-order valence-electron chi connectivity index (χ3n) is 3.22. The SMILES string of the molecule is O=C(NCC1(CCO)CC1)c1ccc([N+](=O)[O-])o1. The Hall–Kier alpha value is -1.89. The van der Waals surface area contributed by atoms with Gasteiger partial charge in [-0.2, -0.15) is 0 Å². The van der Waals surface area contributed by atoms with Crippen molar-refractivity contribution in [1.82, 2.24) is 5.32 Å². The van der Waals surface area contributed by atoms with E-state index in [0.717, 1.165) is 18.9 Å². The predicted octanol–water partition coefficient (Wildman–Crippen LogP) is 1.08. The maximum Gasteiger partial charge on any atom is 0.433 e. The maximum absolute atomic E-state index is 11.7. The van der Waals surface area contributed by atoms with Crippen molar-refractivity contribution < 1.29 is 19.2 Å². The molecule has 0 spiro atoms. The summed E-state index contributed by atoms with van der Waals surface area (Å²) < 4.78 is 4.79. The Kier molecular flexibility index (Phi) is 3.33. The van der Waals surface area contributed by atoms with Crippen LogP contribution in [0.1, 0.15) is 29.8 Å². The van der Waals surface area contributed by atoms with Crippen molar-refractivity contribution >= 4 is 11.8 Å². The lowest BCUT2D eigenvalue weighted by atomic mass is 10.0. The first kappa shape index (κ1) is 12.6. The second kappa shape index (κ2) is 4.77. The van der Waals surface area contributed by atoms with Crippen molar-refractivity contribution in [2.45, 2.75) is 19.3 Å². The first-order valence-electron chi connectivity index (χ1n) is 5.70. The third-order valence-corrected chi connectivity index (χ3v) is 3.22. The van der Waals surface area contributed by atoms with Crippen LogP contribution in [0, 0.1) is 15.5 Å². The minimum absolute atomic E-state index is 0.00291. The van der Waals surface area contributed by atoms with E-state index in [1.54, 1.807) is 0 Å². The molecule has 1 saturated carbocycles. The number of aliphatic hydroxyl groups is 1. The van der Waals surface area contributed by atoms with Crippen molar-refractivity contribution in [3.63, 3.8) is 0 Å². The quantitative estimate of drug-likeness (QED) is 0.583. The summed E-state index contributed by atoms with van der Waals surface area (Å²) in [6, 6.07) is 2.43. The van der Waals surface area contributed by atoms with Crippen LogP contribution in [0.4, 0.5) is 5.88 Å². The highest BCUT2D eigenvalue weighted by atomic mass is 16.6. The van der Waals surface area contributed by atoms with Crippen LogP contribution in [0.5, 0.6) is 0 Å². The van der Waals surface area contributed by atoms with Crippen LogP contribution in [0.3, 0.4) is 0 Å². The number of nitro groups is 1. The van der Waals surface area contributed by atoms with Gasteiger partial charge in [-0.1, -0.05) is 0 Å². The van der Waals surface area contributed by atoms with Crippen molar-refractivity contribution in [2.75, 3.05) is 13.2 Å². The van der Waals surface area contributed by atoms with Crippen LogP contribution >= 0.6 is 0 Å². The molecule has 2 rings (SSSR count). The zero-order valence-corrected chi connectivity index (χ0v) is 9.72. The van der Waals surface area contributed by atoms with Crippen LogP contribution < -0.4 is 5.32 Å². The Bertz CT molecular complexity index is 464. The number of amides is 1. The van der Waals surface area contributed by atoms with Gasteiger partial charge in [-0.15, -0.1) is 0 Å². The van der Waals surface area contributed by atoms with Gasteiger partial charge in [-0.25, -0.2) is 0 Å². The van der Waals surface area contributed by atoms with Gasteiger partial charge in [0.15, 0.2) is 5.76 Å². The maximum atomic E-state index is 11.7.